The van der Waals surface area contributed by atoms with Crippen molar-refractivity contribution in [1.29, 1.82) is 0 Å². The molecule has 0 unspecified atom stereocenters. The van der Waals surface area contributed by atoms with Crippen LogP contribution in [0.4, 0.5) is 5.69 Å². The molecule has 228 valence electrons. The number of aliphatic hydroxyl groups excluding tert-OH is 1. The minimum absolute atomic E-state index is 0.139. The number of anilines is 1. The standard InChI is InChI=1S/C32H43N3O7/c1-6-8-10-25(37)33-19-22(5)41-31(40)26-24-13-14-32(42-24)27(26)29(38)35(16-9-17-36)28(32)30(39)34(15-7-2)23-18-20(3)11-12-21(23)4/h6-7,11-12,18,22,24,26-28,36H,1-2,8-10,13-17,19H2,3-5H3,(H,33,37)/t22-,24+,26-,27-,28+,32-/m1/s1. The van der Waals surface area contributed by atoms with Gasteiger partial charge in [0.1, 0.15) is 17.7 Å². The zero-order valence-electron chi connectivity index (χ0n) is 24.8. The van der Waals surface area contributed by atoms with E-state index < -0.39 is 41.7 Å². The van der Waals surface area contributed by atoms with Gasteiger partial charge in [-0.3, -0.25) is 19.2 Å². The fourth-order valence-corrected chi connectivity index (χ4v) is 6.67. The molecule has 3 fully saturated rings. The van der Waals surface area contributed by atoms with Gasteiger partial charge in [-0.05, 0) is 63.6 Å². The van der Waals surface area contributed by atoms with E-state index in [1.807, 2.05) is 32.0 Å². The van der Waals surface area contributed by atoms with Gasteiger partial charge in [0, 0.05) is 31.8 Å². The van der Waals surface area contributed by atoms with Gasteiger partial charge in [0.05, 0.1) is 24.5 Å². The van der Waals surface area contributed by atoms with Crippen LogP contribution in [-0.2, 0) is 28.7 Å². The van der Waals surface area contributed by atoms with Crippen molar-refractivity contribution < 1.29 is 33.8 Å². The van der Waals surface area contributed by atoms with E-state index in [1.165, 1.54) is 4.90 Å². The molecule has 4 rings (SSSR count). The summed E-state index contributed by atoms with van der Waals surface area (Å²) in [6.07, 6.45) is 4.23. The third-order valence-electron chi connectivity index (χ3n) is 8.58. The highest BCUT2D eigenvalue weighted by Gasteiger charge is 2.75. The first kappa shape index (κ1) is 31.4. The number of amides is 3. The predicted octanol–water partition coefficient (Wildman–Crippen LogP) is 2.59. The normalized spacial score (nSPS) is 26.5. The number of rotatable bonds is 14. The van der Waals surface area contributed by atoms with Crippen molar-refractivity contribution in [2.24, 2.45) is 11.8 Å². The number of nitrogens with one attached hydrogen (secondary N) is 1. The Balaban J connectivity index is 1.61. The van der Waals surface area contributed by atoms with E-state index >= 15 is 0 Å². The Morgan fingerprint density at radius 3 is 2.74 bits per heavy atom. The number of nitrogens with zero attached hydrogens (tertiary/aromatic N) is 2. The average Bonchev–Trinajstić information content (AvgIpc) is 3.60. The van der Waals surface area contributed by atoms with Gasteiger partial charge in [0.25, 0.3) is 5.91 Å². The molecule has 2 bridgehead atoms. The Morgan fingerprint density at radius 1 is 1.29 bits per heavy atom. The molecule has 3 amide bonds. The largest absolute Gasteiger partial charge is 0.460 e. The van der Waals surface area contributed by atoms with E-state index in [0.717, 1.165) is 16.8 Å². The molecular weight excluding hydrogens is 538 g/mol. The molecule has 10 nitrogen and oxygen atoms in total. The second kappa shape index (κ2) is 13.2. The smallest absolute Gasteiger partial charge is 0.312 e. The van der Waals surface area contributed by atoms with Gasteiger partial charge in [0.15, 0.2) is 0 Å². The van der Waals surface area contributed by atoms with Crippen LogP contribution < -0.4 is 10.2 Å². The summed E-state index contributed by atoms with van der Waals surface area (Å²) in [6.45, 7) is 13.4. The van der Waals surface area contributed by atoms with Gasteiger partial charge in [-0.2, -0.15) is 0 Å². The molecule has 3 heterocycles. The van der Waals surface area contributed by atoms with Gasteiger partial charge < -0.3 is 29.7 Å². The topological polar surface area (TPSA) is 125 Å². The zero-order valence-corrected chi connectivity index (χ0v) is 24.8. The van der Waals surface area contributed by atoms with Crippen LogP contribution in [0.5, 0.6) is 0 Å². The summed E-state index contributed by atoms with van der Waals surface area (Å²) < 4.78 is 12.2. The second-order valence-electron chi connectivity index (χ2n) is 11.6. The Kier molecular flexibility index (Phi) is 9.89. The molecule has 10 heteroatoms. The van der Waals surface area contributed by atoms with Gasteiger partial charge in [0.2, 0.25) is 11.8 Å². The van der Waals surface area contributed by atoms with E-state index in [4.69, 9.17) is 9.47 Å². The van der Waals surface area contributed by atoms with Crippen LogP contribution >= 0.6 is 0 Å². The highest BCUT2D eigenvalue weighted by Crippen LogP contribution is 2.59. The van der Waals surface area contributed by atoms with E-state index in [2.05, 4.69) is 18.5 Å². The number of carbonyl (C=O) groups is 4. The van der Waals surface area contributed by atoms with Crippen molar-refractivity contribution in [2.75, 3.05) is 31.1 Å². The summed E-state index contributed by atoms with van der Waals surface area (Å²) in [6, 6.07) is 4.89. The van der Waals surface area contributed by atoms with Crippen molar-refractivity contribution in [2.45, 2.75) is 76.7 Å². The van der Waals surface area contributed by atoms with Crippen LogP contribution in [0, 0.1) is 25.7 Å². The SMILES string of the molecule is C=CCCC(=O)NC[C@@H](C)OC(=O)[C@@H]1[C@@H]2CC[C@]3(O2)[C@H](C(=O)N(CC=C)c2cc(C)ccc2C)N(CCCO)C(=O)[C@@H]13. The monoisotopic (exact) mass is 581 g/mol. The Morgan fingerprint density at radius 2 is 2.05 bits per heavy atom. The summed E-state index contributed by atoms with van der Waals surface area (Å²) in [4.78, 5) is 57.2. The first-order valence-corrected chi connectivity index (χ1v) is 14.8. The van der Waals surface area contributed by atoms with Crippen molar-refractivity contribution in [3.8, 4) is 0 Å². The number of aryl methyl sites for hydroxylation is 2. The Labute approximate surface area is 247 Å². The molecule has 6 atom stereocenters. The summed E-state index contributed by atoms with van der Waals surface area (Å²) in [5.74, 6) is -3.12. The number of carbonyl (C=O) groups excluding carboxylic acids is 4. The fraction of sp³-hybridized carbons (Fsp3) is 0.562. The van der Waals surface area contributed by atoms with Crippen molar-refractivity contribution in [3.63, 3.8) is 0 Å². The molecular formula is C32H43N3O7. The Bertz CT molecular complexity index is 1230. The van der Waals surface area contributed by atoms with E-state index in [9.17, 15) is 24.3 Å². The predicted molar refractivity (Wildman–Crippen MR) is 157 cm³/mol. The minimum atomic E-state index is -1.18. The number of hydrogen-bond acceptors (Lipinski definition) is 7. The first-order chi connectivity index (χ1) is 20.1. The number of aliphatic hydroxyl groups is 1. The highest BCUT2D eigenvalue weighted by molar-refractivity contribution is 6.05. The summed E-state index contributed by atoms with van der Waals surface area (Å²) >= 11 is 0. The van der Waals surface area contributed by atoms with E-state index in [-0.39, 0.29) is 50.4 Å². The molecule has 0 radical (unpaired) electrons. The third kappa shape index (κ3) is 5.87. The van der Waals surface area contributed by atoms with Gasteiger partial charge in [-0.1, -0.05) is 24.3 Å². The molecule has 3 aliphatic rings. The molecule has 2 N–H and O–H groups in total. The Hall–Kier alpha value is -3.50. The number of likely N-dealkylation sites (tertiary alicyclic amines) is 1. The van der Waals surface area contributed by atoms with Gasteiger partial charge in [-0.15, -0.1) is 13.2 Å². The van der Waals surface area contributed by atoms with E-state index in [1.54, 1.807) is 24.0 Å². The van der Waals surface area contributed by atoms with Crippen molar-refractivity contribution in [1.82, 2.24) is 10.2 Å². The quantitative estimate of drug-likeness (QED) is 0.256. The zero-order chi connectivity index (χ0) is 30.6. The van der Waals surface area contributed by atoms with Crippen LogP contribution in [0.2, 0.25) is 0 Å². The number of allylic oxidation sites excluding steroid dienone is 1. The lowest BCUT2D eigenvalue weighted by molar-refractivity contribution is -0.159. The molecule has 1 aromatic rings. The molecule has 3 saturated heterocycles. The summed E-state index contributed by atoms with van der Waals surface area (Å²) in [5, 5.41) is 12.3. The summed E-state index contributed by atoms with van der Waals surface area (Å²) in [7, 11) is 0. The number of esters is 1. The van der Waals surface area contributed by atoms with Gasteiger partial charge >= 0.3 is 5.97 Å². The number of hydrogen-bond donors (Lipinski definition) is 2. The highest BCUT2D eigenvalue weighted by atomic mass is 16.6. The lowest BCUT2D eigenvalue weighted by atomic mass is 9.70. The molecule has 1 aromatic carbocycles. The lowest BCUT2D eigenvalue weighted by Crippen LogP contribution is -2.56. The molecule has 42 heavy (non-hydrogen) atoms. The summed E-state index contributed by atoms with van der Waals surface area (Å²) in [5.41, 5.74) is 1.43. The maximum absolute atomic E-state index is 14.5. The number of benzene rings is 1. The first-order valence-electron chi connectivity index (χ1n) is 14.8. The van der Waals surface area contributed by atoms with Crippen LogP contribution in [0.15, 0.2) is 43.5 Å². The van der Waals surface area contributed by atoms with Crippen LogP contribution in [-0.4, -0.2) is 83.8 Å². The van der Waals surface area contributed by atoms with Crippen molar-refractivity contribution >= 4 is 29.4 Å². The average molecular weight is 582 g/mol. The second-order valence-corrected chi connectivity index (χ2v) is 11.6. The third-order valence-corrected chi connectivity index (χ3v) is 8.58. The van der Waals surface area contributed by atoms with Crippen LogP contribution in [0.25, 0.3) is 0 Å². The maximum atomic E-state index is 14.5. The molecule has 0 aromatic heterocycles. The fourth-order valence-electron chi connectivity index (χ4n) is 6.67. The van der Waals surface area contributed by atoms with Crippen molar-refractivity contribution in [3.05, 3.63) is 54.6 Å². The number of fused-ring (bicyclic) bond motifs is 1. The molecule has 0 saturated carbocycles. The maximum Gasteiger partial charge on any atom is 0.312 e. The number of ether oxygens (including phenoxy) is 2. The van der Waals surface area contributed by atoms with Crippen LogP contribution in [0.3, 0.4) is 0 Å². The molecule has 0 aliphatic carbocycles. The van der Waals surface area contributed by atoms with Gasteiger partial charge in [-0.25, -0.2) is 0 Å². The molecule has 3 aliphatic heterocycles. The molecule has 1 spiro atoms. The lowest BCUT2D eigenvalue weighted by Gasteiger charge is -2.37. The minimum Gasteiger partial charge on any atom is -0.460 e. The van der Waals surface area contributed by atoms with Crippen LogP contribution in [0.1, 0.15) is 50.2 Å². The van der Waals surface area contributed by atoms with E-state index in [0.29, 0.717) is 25.7 Å².